The van der Waals surface area contributed by atoms with Crippen LogP contribution in [0.4, 0.5) is 11.4 Å². The lowest BCUT2D eigenvalue weighted by atomic mass is 9.99. The van der Waals surface area contributed by atoms with E-state index in [9.17, 15) is 13.5 Å². The Morgan fingerprint density at radius 2 is 1.94 bits per heavy atom. The molecule has 0 bridgehead atoms. The molecule has 1 unspecified atom stereocenters. The van der Waals surface area contributed by atoms with Crippen molar-refractivity contribution in [3.63, 3.8) is 0 Å². The molecular weight excluding hydrogens is 442 g/mol. The van der Waals surface area contributed by atoms with E-state index in [4.69, 9.17) is 4.74 Å². The van der Waals surface area contributed by atoms with Gasteiger partial charge in [-0.05, 0) is 80.5 Å². The van der Waals surface area contributed by atoms with Crippen molar-refractivity contribution in [3.8, 4) is 0 Å². The molecule has 1 saturated heterocycles. The van der Waals surface area contributed by atoms with Gasteiger partial charge >= 0.3 is 10.2 Å². The molecule has 1 aromatic heterocycles. The Morgan fingerprint density at radius 3 is 2.55 bits per heavy atom. The molecule has 1 fully saturated rings. The van der Waals surface area contributed by atoms with Crippen LogP contribution in [0.5, 0.6) is 0 Å². The molecule has 10 heteroatoms. The van der Waals surface area contributed by atoms with Crippen molar-refractivity contribution in [2.75, 3.05) is 16.2 Å². The lowest BCUT2D eigenvalue weighted by molar-refractivity contribution is -0.213. The molecule has 178 valence electrons. The SMILES string of the molecule is C[C@H]1CC(N(c2cnn(C)c2)S(=O)(=O)/N=C(\[O-])Nc2c3c(cc4c2CCC4)CCC3)CCO1. The Morgan fingerprint density at radius 1 is 1.24 bits per heavy atom. The molecule has 1 N–H and O–H groups in total. The molecule has 0 saturated carbocycles. The summed E-state index contributed by atoms with van der Waals surface area (Å²) in [6.45, 7) is 2.37. The highest BCUT2D eigenvalue weighted by molar-refractivity contribution is 7.91. The third kappa shape index (κ3) is 4.33. The topological polar surface area (TPSA) is 112 Å². The lowest BCUT2D eigenvalue weighted by Crippen LogP contribution is -2.45. The summed E-state index contributed by atoms with van der Waals surface area (Å²) in [4.78, 5) is 0. The van der Waals surface area contributed by atoms with Gasteiger partial charge in [-0.25, -0.2) is 4.31 Å². The van der Waals surface area contributed by atoms with E-state index >= 15 is 0 Å². The molecule has 9 nitrogen and oxygen atoms in total. The number of aryl methyl sites for hydroxylation is 3. The number of rotatable bonds is 5. The predicted molar refractivity (Wildman–Crippen MR) is 125 cm³/mol. The minimum atomic E-state index is -4.30. The van der Waals surface area contributed by atoms with Crippen LogP contribution in [0.1, 0.15) is 54.9 Å². The second-order valence-electron chi connectivity index (χ2n) is 9.26. The van der Waals surface area contributed by atoms with Crippen LogP contribution < -0.4 is 14.7 Å². The molecule has 1 aliphatic heterocycles. The summed E-state index contributed by atoms with van der Waals surface area (Å²) in [5, 5.41) is 20.0. The first-order valence-corrected chi connectivity index (χ1v) is 13.1. The number of anilines is 2. The van der Waals surface area contributed by atoms with E-state index < -0.39 is 16.2 Å². The van der Waals surface area contributed by atoms with E-state index in [1.165, 1.54) is 26.3 Å². The second-order valence-corrected chi connectivity index (χ2v) is 10.7. The summed E-state index contributed by atoms with van der Waals surface area (Å²) >= 11 is 0. The number of aromatic nitrogens is 2. The minimum Gasteiger partial charge on any atom is -0.845 e. The van der Waals surface area contributed by atoms with Gasteiger partial charge in [-0.2, -0.15) is 13.5 Å². The summed E-state index contributed by atoms with van der Waals surface area (Å²) in [6, 6.07) is 1.06. The summed E-state index contributed by atoms with van der Waals surface area (Å²) in [5.74, 6) is 0. The fraction of sp³-hybridized carbons (Fsp3) is 0.565. The normalized spacial score (nSPS) is 22.8. The zero-order chi connectivity index (χ0) is 23.2. The number of ether oxygens (including phenoxy) is 1. The Labute approximate surface area is 194 Å². The molecule has 5 rings (SSSR count). The van der Waals surface area contributed by atoms with Gasteiger partial charge in [-0.1, -0.05) is 6.07 Å². The molecule has 0 amide bonds. The average Bonchev–Trinajstić information content (AvgIpc) is 3.48. The van der Waals surface area contributed by atoms with Crippen LogP contribution in [0, 0.1) is 0 Å². The minimum absolute atomic E-state index is 0.0820. The Balaban J connectivity index is 1.48. The number of benzene rings is 1. The molecule has 2 atom stereocenters. The van der Waals surface area contributed by atoms with Crippen LogP contribution in [0.15, 0.2) is 22.9 Å². The van der Waals surface area contributed by atoms with Gasteiger partial charge in [0.25, 0.3) is 0 Å². The van der Waals surface area contributed by atoms with Crippen LogP contribution in [0.25, 0.3) is 0 Å². The second kappa shape index (κ2) is 8.64. The van der Waals surface area contributed by atoms with E-state index in [1.54, 1.807) is 13.2 Å². The van der Waals surface area contributed by atoms with Gasteiger partial charge in [0, 0.05) is 25.5 Å². The van der Waals surface area contributed by atoms with E-state index in [0.717, 1.165) is 55.3 Å². The Hall–Kier alpha value is -2.59. The molecule has 2 aromatic rings. The third-order valence-electron chi connectivity index (χ3n) is 6.89. The van der Waals surface area contributed by atoms with E-state index in [1.807, 2.05) is 6.92 Å². The molecule has 0 spiro atoms. The van der Waals surface area contributed by atoms with Crippen LogP contribution in [0.2, 0.25) is 0 Å². The molecule has 2 aliphatic carbocycles. The van der Waals surface area contributed by atoms with Gasteiger partial charge in [0.15, 0.2) is 0 Å². The van der Waals surface area contributed by atoms with Gasteiger partial charge < -0.3 is 15.2 Å². The summed E-state index contributed by atoms with van der Waals surface area (Å²) < 4.78 is 39.0. The molecule has 1 aromatic carbocycles. The lowest BCUT2D eigenvalue weighted by Gasteiger charge is -2.35. The summed E-state index contributed by atoms with van der Waals surface area (Å²) in [5.41, 5.74) is 5.99. The van der Waals surface area contributed by atoms with Gasteiger partial charge in [0.1, 0.15) is 0 Å². The first-order valence-electron chi connectivity index (χ1n) is 11.7. The standard InChI is InChI=1S/C23H31N5O4S/c1-15-11-18(9-10-32-15)28(19-13-24-27(2)14-19)33(30,31)26-23(29)25-22-20-7-3-5-16(20)12-17-6-4-8-21(17)22/h12-15,18H,3-11H2,1-2H3,(H2,25,26,29)/p-1/t15-,18?/m0/s1. The van der Waals surface area contributed by atoms with Gasteiger partial charge in [0.05, 0.1) is 30.1 Å². The number of nitrogens with one attached hydrogen (secondary N) is 1. The quantitative estimate of drug-likeness (QED) is 0.525. The summed E-state index contributed by atoms with van der Waals surface area (Å²) in [7, 11) is -2.57. The van der Waals surface area contributed by atoms with Crippen LogP contribution >= 0.6 is 0 Å². The highest BCUT2D eigenvalue weighted by Crippen LogP contribution is 2.38. The maximum absolute atomic E-state index is 13.4. The van der Waals surface area contributed by atoms with Gasteiger partial charge in [0.2, 0.25) is 0 Å². The smallest absolute Gasteiger partial charge is 0.345 e. The largest absolute Gasteiger partial charge is 0.845 e. The number of hydrogen-bond acceptors (Lipinski definition) is 5. The molecule has 3 aliphatic rings. The number of amidine groups is 1. The maximum Gasteiger partial charge on any atom is 0.345 e. The molecular formula is C23H30N5O4S-. The van der Waals surface area contributed by atoms with Crippen molar-refractivity contribution in [2.45, 2.75) is 70.4 Å². The molecule has 33 heavy (non-hydrogen) atoms. The van der Waals surface area contributed by atoms with E-state index in [-0.39, 0.29) is 12.1 Å². The highest BCUT2D eigenvalue weighted by atomic mass is 32.2. The fourth-order valence-corrected chi connectivity index (χ4v) is 6.76. The van der Waals surface area contributed by atoms with Crippen molar-refractivity contribution in [1.82, 2.24) is 9.78 Å². The number of hydrogen-bond donors (Lipinski definition) is 1. The van der Waals surface area contributed by atoms with Crippen molar-refractivity contribution >= 4 is 27.6 Å². The molecule has 2 heterocycles. The first-order chi connectivity index (χ1) is 15.8. The zero-order valence-corrected chi connectivity index (χ0v) is 19.9. The average molecular weight is 473 g/mol. The third-order valence-corrected chi connectivity index (χ3v) is 8.29. The van der Waals surface area contributed by atoms with Crippen molar-refractivity contribution in [3.05, 3.63) is 40.7 Å². The van der Waals surface area contributed by atoms with Crippen LogP contribution in [-0.2, 0) is 47.7 Å². The maximum atomic E-state index is 13.4. The van der Waals surface area contributed by atoms with Crippen LogP contribution in [-0.4, -0.2) is 43.0 Å². The highest BCUT2D eigenvalue weighted by Gasteiger charge is 2.34. The van der Waals surface area contributed by atoms with E-state index in [0.29, 0.717) is 25.1 Å². The van der Waals surface area contributed by atoms with Gasteiger partial charge in [-0.15, -0.1) is 4.40 Å². The number of fused-ring (bicyclic) bond motifs is 2. The zero-order valence-electron chi connectivity index (χ0n) is 19.1. The summed E-state index contributed by atoms with van der Waals surface area (Å²) in [6.07, 6.45) is 9.96. The monoisotopic (exact) mass is 472 g/mol. The molecule has 0 radical (unpaired) electrons. The Kier molecular flexibility index (Phi) is 5.82. The van der Waals surface area contributed by atoms with Crippen molar-refractivity contribution in [1.29, 1.82) is 0 Å². The van der Waals surface area contributed by atoms with E-state index in [2.05, 4.69) is 20.9 Å². The fourth-order valence-electron chi connectivity index (χ4n) is 5.49. The van der Waals surface area contributed by atoms with Gasteiger partial charge in [-0.3, -0.25) is 4.68 Å². The number of nitrogens with zero attached hydrogens (tertiary/aromatic N) is 4. The predicted octanol–water partition coefficient (Wildman–Crippen LogP) is 1.84. The first kappa shape index (κ1) is 22.2. The van der Waals surface area contributed by atoms with Crippen molar-refractivity contribution < 1.29 is 18.3 Å². The Bertz CT molecular complexity index is 1160. The van der Waals surface area contributed by atoms with Crippen molar-refractivity contribution in [2.24, 2.45) is 11.4 Å². The van der Waals surface area contributed by atoms with Crippen LogP contribution in [0.3, 0.4) is 0 Å².